The Kier molecular flexibility index (Phi) is 4.42. The molecule has 1 saturated heterocycles. The van der Waals surface area contributed by atoms with E-state index in [2.05, 4.69) is 13.8 Å². The van der Waals surface area contributed by atoms with E-state index in [1.165, 1.54) is 0 Å². The number of hydrogen-bond donors (Lipinski definition) is 1. The van der Waals surface area contributed by atoms with Gasteiger partial charge in [0.25, 0.3) is 0 Å². The van der Waals surface area contributed by atoms with Gasteiger partial charge in [0.1, 0.15) is 5.60 Å². The van der Waals surface area contributed by atoms with Crippen molar-refractivity contribution in [1.29, 1.82) is 0 Å². The molecule has 1 N–H and O–H groups in total. The maximum absolute atomic E-state index is 11.8. The van der Waals surface area contributed by atoms with Crippen molar-refractivity contribution in [1.82, 2.24) is 4.90 Å². The summed E-state index contributed by atoms with van der Waals surface area (Å²) in [6.07, 6.45) is 0.0907. The van der Waals surface area contributed by atoms with Gasteiger partial charge in [-0.15, -0.1) is 0 Å². The van der Waals surface area contributed by atoms with Crippen LogP contribution in [0.4, 0.5) is 4.79 Å². The lowest BCUT2D eigenvalue weighted by molar-refractivity contribution is -0.0214. The van der Waals surface area contributed by atoms with Crippen molar-refractivity contribution in [3.63, 3.8) is 0 Å². The molecule has 0 aromatic heterocycles. The van der Waals surface area contributed by atoms with Crippen LogP contribution < -0.4 is 0 Å². The Labute approximate surface area is 104 Å². The van der Waals surface area contributed by atoms with Crippen LogP contribution in [0.25, 0.3) is 0 Å². The van der Waals surface area contributed by atoms with E-state index in [1.54, 1.807) is 4.90 Å². The molecule has 1 heterocycles. The van der Waals surface area contributed by atoms with Gasteiger partial charge in [-0.05, 0) is 39.0 Å². The SMILES string of the molecule is CC(C)[C@@H]1CCN(C(=O)OC(C)(C)C)C[C@H]1O. The van der Waals surface area contributed by atoms with Crippen LogP contribution >= 0.6 is 0 Å². The first-order valence-electron chi connectivity index (χ1n) is 6.36. The first kappa shape index (κ1) is 14.3. The lowest BCUT2D eigenvalue weighted by Crippen LogP contribution is -2.49. The Hall–Kier alpha value is -0.770. The van der Waals surface area contributed by atoms with E-state index >= 15 is 0 Å². The van der Waals surface area contributed by atoms with Crippen LogP contribution in [0.15, 0.2) is 0 Å². The molecule has 4 nitrogen and oxygen atoms in total. The van der Waals surface area contributed by atoms with E-state index in [0.29, 0.717) is 19.0 Å². The van der Waals surface area contributed by atoms with E-state index in [4.69, 9.17) is 4.74 Å². The summed E-state index contributed by atoms with van der Waals surface area (Å²) in [6, 6.07) is 0. The normalized spacial score (nSPS) is 26.2. The number of β-amino-alcohol motifs (C(OH)–C–C–N with tert-alkyl or cyclic N) is 1. The fraction of sp³-hybridized carbons (Fsp3) is 0.923. The van der Waals surface area contributed by atoms with Gasteiger partial charge in [-0.25, -0.2) is 4.79 Å². The minimum Gasteiger partial charge on any atom is -0.444 e. The molecule has 0 aliphatic carbocycles. The third-order valence-corrected chi connectivity index (χ3v) is 3.14. The summed E-state index contributed by atoms with van der Waals surface area (Å²) in [7, 11) is 0. The van der Waals surface area contributed by atoms with E-state index < -0.39 is 11.7 Å². The first-order valence-corrected chi connectivity index (χ1v) is 6.36. The summed E-state index contributed by atoms with van der Waals surface area (Å²) in [5.74, 6) is 0.736. The standard InChI is InChI=1S/C13H25NO3/c1-9(2)10-6-7-14(8-11(10)15)12(16)17-13(3,4)5/h9-11,15H,6-8H2,1-5H3/t10-,11+/m0/s1. The number of rotatable bonds is 1. The van der Waals surface area contributed by atoms with Gasteiger partial charge in [-0.3, -0.25) is 0 Å². The predicted molar refractivity (Wildman–Crippen MR) is 66.8 cm³/mol. The Morgan fingerprint density at radius 1 is 1.41 bits per heavy atom. The Balaban J connectivity index is 2.52. The molecule has 4 heteroatoms. The van der Waals surface area contributed by atoms with E-state index in [-0.39, 0.29) is 12.0 Å². The fourth-order valence-corrected chi connectivity index (χ4v) is 2.22. The van der Waals surface area contributed by atoms with Crippen LogP contribution in [0.5, 0.6) is 0 Å². The zero-order chi connectivity index (χ0) is 13.2. The molecule has 0 radical (unpaired) electrons. The van der Waals surface area contributed by atoms with E-state index in [9.17, 15) is 9.90 Å². The molecular formula is C13H25NO3. The van der Waals surface area contributed by atoms with Crippen molar-refractivity contribution in [3.05, 3.63) is 0 Å². The van der Waals surface area contributed by atoms with Gasteiger partial charge in [0.05, 0.1) is 12.6 Å². The number of piperidine rings is 1. The van der Waals surface area contributed by atoms with Gasteiger partial charge in [0.2, 0.25) is 0 Å². The third kappa shape index (κ3) is 4.19. The molecule has 0 aromatic rings. The highest BCUT2D eigenvalue weighted by Crippen LogP contribution is 2.25. The summed E-state index contributed by atoms with van der Waals surface area (Å²) in [4.78, 5) is 13.4. The maximum atomic E-state index is 11.8. The minimum absolute atomic E-state index is 0.286. The molecule has 1 rings (SSSR count). The number of carbonyl (C=O) groups is 1. The number of hydrogen-bond acceptors (Lipinski definition) is 3. The summed E-state index contributed by atoms with van der Waals surface area (Å²) >= 11 is 0. The maximum Gasteiger partial charge on any atom is 0.410 e. The van der Waals surface area contributed by atoms with Gasteiger partial charge < -0.3 is 14.7 Å². The van der Waals surface area contributed by atoms with Gasteiger partial charge in [-0.1, -0.05) is 13.8 Å². The summed E-state index contributed by atoms with van der Waals surface area (Å²) in [5.41, 5.74) is -0.475. The van der Waals surface area contributed by atoms with Crippen LogP contribution in [0.3, 0.4) is 0 Å². The lowest BCUT2D eigenvalue weighted by atomic mass is 9.84. The predicted octanol–water partition coefficient (Wildman–Crippen LogP) is 2.26. The van der Waals surface area contributed by atoms with Gasteiger partial charge in [0.15, 0.2) is 0 Å². The molecule has 2 atom stereocenters. The molecule has 0 spiro atoms. The van der Waals surface area contributed by atoms with Crippen molar-refractivity contribution in [3.8, 4) is 0 Å². The highest BCUT2D eigenvalue weighted by molar-refractivity contribution is 5.68. The molecule has 100 valence electrons. The van der Waals surface area contributed by atoms with Crippen molar-refractivity contribution in [2.75, 3.05) is 13.1 Å². The smallest absolute Gasteiger partial charge is 0.410 e. The number of ether oxygens (including phenoxy) is 1. The second-order valence-corrected chi connectivity index (χ2v) is 6.19. The number of nitrogens with zero attached hydrogens (tertiary/aromatic N) is 1. The molecule has 0 bridgehead atoms. The van der Waals surface area contributed by atoms with Crippen molar-refractivity contribution >= 4 is 6.09 Å². The minimum atomic E-state index is -0.475. The fourth-order valence-electron chi connectivity index (χ4n) is 2.22. The second-order valence-electron chi connectivity index (χ2n) is 6.19. The molecular weight excluding hydrogens is 218 g/mol. The Morgan fingerprint density at radius 3 is 2.41 bits per heavy atom. The number of aliphatic hydroxyl groups is 1. The zero-order valence-corrected chi connectivity index (χ0v) is 11.6. The van der Waals surface area contributed by atoms with E-state index in [1.807, 2.05) is 20.8 Å². The number of carbonyl (C=O) groups excluding carboxylic acids is 1. The van der Waals surface area contributed by atoms with Crippen LogP contribution in [-0.4, -0.2) is 40.9 Å². The first-order chi connectivity index (χ1) is 7.70. The number of amides is 1. The van der Waals surface area contributed by atoms with E-state index in [0.717, 1.165) is 6.42 Å². The summed E-state index contributed by atoms with van der Waals surface area (Å²) in [5, 5.41) is 10.0. The topological polar surface area (TPSA) is 49.8 Å². The molecule has 17 heavy (non-hydrogen) atoms. The van der Waals surface area contributed by atoms with Crippen LogP contribution in [0, 0.1) is 11.8 Å². The molecule has 1 aliphatic rings. The number of likely N-dealkylation sites (tertiary alicyclic amines) is 1. The average Bonchev–Trinajstić information content (AvgIpc) is 2.14. The van der Waals surface area contributed by atoms with Crippen LogP contribution in [0.1, 0.15) is 41.0 Å². The summed E-state index contributed by atoms with van der Waals surface area (Å²) in [6.45, 7) is 10.8. The van der Waals surface area contributed by atoms with Crippen LogP contribution in [-0.2, 0) is 4.74 Å². The zero-order valence-electron chi connectivity index (χ0n) is 11.6. The van der Waals surface area contributed by atoms with Gasteiger partial charge >= 0.3 is 6.09 Å². The number of aliphatic hydroxyl groups excluding tert-OH is 1. The van der Waals surface area contributed by atoms with Crippen LogP contribution in [0.2, 0.25) is 0 Å². The molecule has 1 fully saturated rings. The Morgan fingerprint density at radius 2 is 2.00 bits per heavy atom. The highest BCUT2D eigenvalue weighted by Gasteiger charge is 2.33. The lowest BCUT2D eigenvalue weighted by Gasteiger charge is -2.38. The summed E-state index contributed by atoms with van der Waals surface area (Å²) < 4.78 is 5.30. The van der Waals surface area contributed by atoms with Gasteiger partial charge in [0, 0.05) is 6.54 Å². The third-order valence-electron chi connectivity index (χ3n) is 3.14. The van der Waals surface area contributed by atoms with Crippen molar-refractivity contribution in [2.24, 2.45) is 11.8 Å². The van der Waals surface area contributed by atoms with Crippen molar-refractivity contribution in [2.45, 2.75) is 52.7 Å². The Bertz CT molecular complexity index is 270. The molecule has 0 saturated carbocycles. The molecule has 1 amide bonds. The monoisotopic (exact) mass is 243 g/mol. The highest BCUT2D eigenvalue weighted by atomic mass is 16.6. The quantitative estimate of drug-likeness (QED) is 0.768. The molecule has 1 aliphatic heterocycles. The van der Waals surface area contributed by atoms with Crippen molar-refractivity contribution < 1.29 is 14.6 Å². The largest absolute Gasteiger partial charge is 0.444 e. The van der Waals surface area contributed by atoms with Gasteiger partial charge in [-0.2, -0.15) is 0 Å². The average molecular weight is 243 g/mol. The molecule has 0 aromatic carbocycles. The molecule has 0 unspecified atom stereocenters. The second kappa shape index (κ2) is 5.25.